The van der Waals surface area contributed by atoms with Gasteiger partial charge in [-0.15, -0.1) is 0 Å². The molecule has 0 saturated heterocycles. The summed E-state index contributed by atoms with van der Waals surface area (Å²) in [5, 5.41) is 5.71. The molecule has 7 nitrogen and oxygen atoms in total. The van der Waals surface area contributed by atoms with Crippen molar-refractivity contribution in [1.82, 2.24) is 9.62 Å². The Morgan fingerprint density at radius 1 is 0.972 bits per heavy atom. The first-order chi connectivity index (χ1) is 17.2. The molecular formula is C26H36BrN3O4S2. The Bertz CT molecular complexity index is 1100. The second-order valence-corrected chi connectivity index (χ2v) is 11.6. The van der Waals surface area contributed by atoms with Crippen LogP contribution in [-0.4, -0.2) is 43.4 Å². The maximum Gasteiger partial charge on any atom is 0.261 e. The molecule has 0 aliphatic heterocycles. The Morgan fingerprint density at radius 3 is 2.25 bits per heavy atom. The topological polar surface area (TPSA) is 87.7 Å². The average Bonchev–Trinajstić information content (AvgIpc) is 2.84. The van der Waals surface area contributed by atoms with Gasteiger partial charge in [-0.2, -0.15) is 4.31 Å². The first-order valence-electron chi connectivity index (χ1n) is 12.4. The van der Waals surface area contributed by atoms with Crippen LogP contribution >= 0.6 is 28.1 Å². The van der Waals surface area contributed by atoms with Gasteiger partial charge >= 0.3 is 0 Å². The number of amides is 1. The van der Waals surface area contributed by atoms with E-state index < -0.39 is 15.9 Å². The van der Waals surface area contributed by atoms with E-state index in [1.807, 2.05) is 19.9 Å². The maximum atomic E-state index is 12.9. The van der Waals surface area contributed by atoms with Crippen molar-refractivity contribution >= 4 is 54.9 Å². The predicted molar refractivity (Wildman–Crippen MR) is 153 cm³/mol. The number of rotatable bonds is 14. The Kier molecular flexibility index (Phi) is 12.8. The van der Waals surface area contributed by atoms with Crippen molar-refractivity contribution in [3.63, 3.8) is 0 Å². The second kappa shape index (κ2) is 15.3. The Hall–Kier alpha value is -2.01. The molecule has 0 saturated carbocycles. The van der Waals surface area contributed by atoms with E-state index in [1.54, 1.807) is 36.4 Å². The predicted octanol–water partition coefficient (Wildman–Crippen LogP) is 6.35. The van der Waals surface area contributed by atoms with Gasteiger partial charge in [0.1, 0.15) is 5.75 Å². The number of hydrogen-bond acceptors (Lipinski definition) is 5. The van der Waals surface area contributed by atoms with Crippen LogP contribution in [0.5, 0.6) is 5.75 Å². The van der Waals surface area contributed by atoms with Crippen LogP contribution in [0.15, 0.2) is 51.8 Å². The number of halogens is 1. The highest BCUT2D eigenvalue weighted by molar-refractivity contribution is 9.10. The minimum absolute atomic E-state index is 0.100. The van der Waals surface area contributed by atoms with E-state index in [9.17, 15) is 13.2 Å². The fourth-order valence-corrected chi connectivity index (χ4v) is 5.76. The lowest BCUT2D eigenvalue weighted by Gasteiger charge is -2.21. The number of thiocarbonyl (C=S) groups is 1. The zero-order valence-electron chi connectivity index (χ0n) is 21.2. The van der Waals surface area contributed by atoms with Crippen molar-refractivity contribution in [1.29, 1.82) is 0 Å². The van der Waals surface area contributed by atoms with Gasteiger partial charge in [-0.1, -0.05) is 56.0 Å². The molecule has 2 rings (SSSR count). The molecule has 0 radical (unpaired) electrons. The quantitative estimate of drug-likeness (QED) is 0.195. The molecular weight excluding hydrogens is 562 g/mol. The minimum Gasteiger partial charge on any atom is -0.493 e. The van der Waals surface area contributed by atoms with Crippen molar-refractivity contribution < 1.29 is 17.9 Å². The number of benzene rings is 2. The van der Waals surface area contributed by atoms with Gasteiger partial charge in [-0.05, 0) is 73.9 Å². The zero-order chi connectivity index (χ0) is 26.6. The Morgan fingerprint density at radius 2 is 1.64 bits per heavy atom. The molecule has 0 unspecified atom stereocenters. The van der Waals surface area contributed by atoms with Gasteiger partial charge in [0, 0.05) is 23.2 Å². The number of carbonyl (C=O) groups excluding carboxylic acids is 1. The van der Waals surface area contributed by atoms with Gasteiger partial charge in [-0.3, -0.25) is 10.1 Å². The van der Waals surface area contributed by atoms with Gasteiger partial charge < -0.3 is 10.1 Å². The molecule has 0 aromatic heterocycles. The third-order valence-corrected chi connectivity index (χ3v) is 7.97. The summed E-state index contributed by atoms with van der Waals surface area (Å²) in [6, 6.07) is 11.6. The van der Waals surface area contributed by atoms with Crippen LogP contribution < -0.4 is 15.4 Å². The monoisotopic (exact) mass is 597 g/mol. The summed E-state index contributed by atoms with van der Waals surface area (Å²) in [7, 11) is -3.56. The van der Waals surface area contributed by atoms with Gasteiger partial charge in [0.15, 0.2) is 5.11 Å². The van der Waals surface area contributed by atoms with Crippen LogP contribution in [-0.2, 0) is 10.0 Å². The van der Waals surface area contributed by atoms with Crippen LogP contribution in [0.3, 0.4) is 0 Å². The number of carbonyl (C=O) groups is 1. The summed E-state index contributed by atoms with van der Waals surface area (Å²) in [5.74, 6) is 0.0969. The van der Waals surface area contributed by atoms with E-state index in [1.165, 1.54) is 4.31 Å². The zero-order valence-corrected chi connectivity index (χ0v) is 24.4. The molecule has 0 heterocycles. The Labute approximate surface area is 229 Å². The van der Waals surface area contributed by atoms with Crippen LogP contribution in [0.2, 0.25) is 0 Å². The van der Waals surface area contributed by atoms with Crippen LogP contribution in [0.1, 0.15) is 69.7 Å². The number of nitrogens with zero attached hydrogens (tertiary/aromatic N) is 1. The normalized spacial score (nSPS) is 11.4. The fourth-order valence-electron chi connectivity index (χ4n) is 3.56. The van der Waals surface area contributed by atoms with Gasteiger partial charge in [0.2, 0.25) is 10.0 Å². The maximum absolute atomic E-state index is 12.9. The standard InChI is InChI=1S/C26H36BrN3O4S2/c1-4-7-8-9-18-34-24-15-10-20(27)19-23(24)25(31)29-26(35)28-21-11-13-22(14-12-21)36(32,33)30(16-5-2)17-6-3/h10-15,19H,4-9,16-18H2,1-3H3,(H2,28,29,31,35). The SMILES string of the molecule is CCCCCCOc1ccc(Br)cc1C(=O)NC(=S)Nc1ccc(S(=O)(=O)N(CCC)CCC)cc1. The number of unbranched alkanes of at least 4 members (excludes halogenated alkanes) is 3. The lowest BCUT2D eigenvalue weighted by Crippen LogP contribution is -2.34. The van der Waals surface area contributed by atoms with E-state index >= 15 is 0 Å². The lowest BCUT2D eigenvalue weighted by molar-refractivity contribution is 0.0973. The highest BCUT2D eigenvalue weighted by Crippen LogP contribution is 2.24. The lowest BCUT2D eigenvalue weighted by atomic mass is 10.2. The van der Waals surface area contributed by atoms with Crippen molar-refractivity contribution in [3.8, 4) is 5.75 Å². The highest BCUT2D eigenvalue weighted by Gasteiger charge is 2.23. The summed E-state index contributed by atoms with van der Waals surface area (Å²) < 4.78 is 34.0. The van der Waals surface area contributed by atoms with Crippen molar-refractivity contribution in [2.45, 2.75) is 64.2 Å². The van der Waals surface area contributed by atoms with Gasteiger partial charge in [-0.25, -0.2) is 8.42 Å². The number of sulfonamides is 1. The molecule has 0 aliphatic carbocycles. The third-order valence-electron chi connectivity index (χ3n) is 5.36. The summed E-state index contributed by atoms with van der Waals surface area (Å²) in [6.45, 7) is 7.56. The molecule has 2 N–H and O–H groups in total. The molecule has 0 atom stereocenters. The van der Waals surface area contributed by atoms with Crippen molar-refractivity contribution in [2.24, 2.45) is 0 Å². The molecule has 1 amide bonds. The second-order valence-electron chi connectivity index (χ2n) is 8.39. The van der Waals surface area contributed by atoms with Crippen molar-refractivity contribution in [2.75, 3.05) is 25.0 Å². The molecule has 0 bridgehead atoms. The van der Waals surface area contributed by atoms with Gasteiger partial charge in [0.05, 0.1) is 17.1 Å². The molecule has 2 aromatic rings. The molecule has 10 heteroatoms. The number of nitrogens with one attached hydrogen (secondary N) is 2. The molecule has 2 aromatic carbocycles. The average molecular weight is 599 g/mol. The van der Waals surface area contributed by atoms with Crippen LogP contribution in [0.25, 0.3) is 0 Å². The third kappa shape index (κ3) is 9.14. The van der Waals surface area contributed by atoms with E-state index in [4.69, 9.17) is 17.0 Å². The highest BCUT2D eigenvalue weighted by atomic mass is 79.9. The molecule has 0 fully saturated rings. The smallest absolute Gasteiger partial charge is 0.261 e. The number of hydrogen-bond donors (Lipinski definition) is 2. The van der Waals surface area contributed by atoms with Crippen molar-refractivity contribution in [3.05, 3.63) is 52.5 Å². The first kappa shape index (κ1) is 30.2. The van der Waals surface area contributed by atoms with Crippen LogP contribution in [0.4, 0.5) is 5.69 Å². The largest absolute Gasteiger partial charge is 0.493 e. The molecule has 198 valence electrons. The Balaban J connectivity index is 2.03. The van der Waals surface area contributed by atoms with Crippen LogP contribution in [0, 0.1) is 0 Å². The first-order valence-corrected chi connectivity index (χ1v) is 15.0. The summed E-state index contributed by atoms with van der Waals surface area (Å²) in [6.07, 6.45) is 5.79. The summed E-state index contributed by atoms with van der Waals surface area (Å²) >= 11 is 8.72. The summed E-state index contributed by atoms with van der Waals surface area (Å²) in [5.41, 5.74) is 0.941. The fraction of sp³-hybridized carbons (Fsp3) is 0.462. The van der Waals surface area contributed by atoms with E-state index in [-0.39, 0.29) is 10.0 Å². The van der Waals surface area contributed by atoms with E-state index in [2.05, 4.69) is 33.5 Å². The number of ether oxygens (including phenoxy) is 1. The van der Waals surface area contributed by atoms with E-state index in [0.717, 1.165) is 43.0 Å². The summed E-state index contributed by atoms with van der Waals surface area (Å²) in [4.78, 5) is 13.1. The molecule has 0 aliphatic rings. The van der Waals surface area contributed by atoms with E-state index in [0.29, 0.717) is 36.7 Å². The minimum atomic E-state index is -3.56. The van der Waals surface area contributed by atoms with Gasteiger partial charge in [0.25, 0.3) is 5.91 Å². The molecule has 0 spiro atoms. The number of anilines is 1. The molecule has 36 heavy (non-hydrogen) atoms.